The number of esters is 5. The molecule has 0 heterocycles. The molecule has 0 aromatic carbocycles. The average molecular weight is 868 g/mol. The number of unbranched alkanes of at least 4 members (excludes halogenated alkanes) is 17. The van der Waals surface area contributed by atoms with Gasteiger partial charge in [-0.3, -0.25) is 28.8 Å². The molecule has 0 atom stereocenters. The van der Waals surface area contributed by atoms with Gasteiger partial charge in [-0.15, -0.1) is 0 Å². The van der Waals surface area contributed by atoms with Gasteiger partial charge >= 0.3 is 29.8 Å². The number of amides is 1. The predicted molar refractivity (Wildman–Crippen MR) is 241 cm³/mol. The number of hydrogen-bond donors (Lipinski definition) is 1. The van der Waals surface area contributed by atoms with Crippen molar-refractivity contribution in [2.75, 3.05) is 13.2 Å². The summed E-state index contributed by atoms with van der Waals surface area (Å²) in [7, 11) is 0. The zero-order valence-corrected chi connectivity index (χ0v) is 40.5. The monoisotopic (exact) mass is 868 g/mol. The van der Waals surface area contributed by atoms with Crippen LogP contribution in [0.4, 0.5) is 0 Å². The van der Waals surface area contributed by atoms with Crippen molar-refractivity contribution in [3.05, 3.63) is 0 Å². The largest absolute Gasteiger partial charge is 0.465 e. The highest BCUT2D eigenvalue weighted by Gasteiger charge is 2.35. The van der Waals surface area contributed by atoms with Gasteiger partial charge in [-0.05, 0) is 107 Å². The molecule has 61 heavy (non-hydrogen) atoms. The molecule has 0 rings (SSSR count). The minimum Gasteiger partial charge on any atom is -0.465 e. The number of rotatable bonds is 35. The maximum absolute atomic E-state index is 13.4. The van der Waals surface area contributed by atoms with E-state index in [0.717, 1.165) is 19.3 Å². The van der Waals surface area contributed by atoms with Crippen LogP contribution in [0, 0.1) is 0 Å². The number of nitrogens with one attached hydrogen (secondary N) is 1. The van der Waals surface area contributed by atoms with Gasteiger partial charge in [0, 0.05) is 31.2 Å². The molecule has 0 saturated heterocycles. The van der Waals surface area contributed by atoms with E-state index in [4.69, 9.17) is 23.7 Å². The molecule has 356 valence electrons. The minimum atomic E-state index is -1.10. The number of hydrogen-bond acceptors (Lipinski definition) is 11. The second kappa shape index (κ2) is 32.5. The van der Waals surface area contributed by atoms with Crippen molar-refractivity contribution >= 4 is 35.8 Å². The lowest BCUT2D eigenvalue weighted by molar-refractivity contribution is -0.157. The molecule has 0 bridgehead atoms. The van der Waals surface area contributed by atoms with E-state index in [0.29, 0.717) is 25.9 Å². The van der Waals surface area contributed by atoms with Crippen LogP contribution >= 0.6 is 0 Å². The van der Waals surface area contributed by atoms with Crippen LogP contribution in [-0.2, 0) is 52.5 Å². The normalized spacial score (nSPS) is 12.1. The molecule has 0 spiro atoms. The SMILES string of the molecule is CCCCCCCCCCCCCCCCCCOC(=O)CC(=O)OCCCCCC(=O)NC(CCC(=O)OC(C)(C)C)(CCC(=O)OC(C)(C)C)CCC(=O)OC(C)(C)C. The molecule has 0 saturated carbocycles. The number of carbonyl (C=O) groups excluding carboxylic acids is 6. The molecule has 0 aliphatic heterocycles. The Morgan fingerprint density at radius 2 is 0.672 bits per heavy atom. The molecule has 12 nitrogen and oxygen atoms in total. The Hall–Kier alpha value is -3.18. The summed E-state index contributed by atoms with van der Waals surface area (Å²) in [5, 5.41) is 3.07. The van der Waals surface area contributed by atoms with Crippen molar-refractivity contribution in [1.29, 1.82) is 0 Å². The Morgan fingerprint density at radius 3 is 0.984 bits per heavy atom. The van der Waals surface area contributed by atoms with Crippen LogP contribution < -0.4 is 5.32 Å². The summed E-state index contributed by atoms with van der Waals surface area (Å²) in [5.74, 6) is -2.91. The average Bonchev–Trinajstić information content (AvgIpc) is 3.12. The fourth-order valence-corrected chi connectivity index (χ4v) is 6.93. The van der Waals surface area contributed by atoms with Crippen LogP contribution in [0.15, 0.2) is 0 Å². The lowest BCUT2D eigenvalue weighted by atomic mass is 9.83. The van der Waals surface area contributed by atoms with Crippen molar-refractivity contribution in [1.82, 2.24) is 5.32 Å². The first-order valence-electron chi connectivity index (χ1n) is 23.8. The molecule has 0 aromatic heterocycles. The summed E-state index contributed by atoms with van der Waals surface area (Å²) in [6.07, 6.45) is 21.8. The molecule has 0 aliphatic rings. The summed E-state index contributed by atoms with van der Waals surface area (Å²) < 4.78 is 27.0. The lowest BCUT2D eigenvalue weighted by Gasteiger charge is -2.36. The van der Waals surface area contributed by atoms with Crippen molar-refractivity contribution in [3.8, 4) is 0 Å². The maximum Gasteiger partial charge on any atom is 0.317 e. The van der Waals surface area contributed by atoms with E-state index in [1.807, 2.05) is 0 Å². The lowest BCUT2D eigenvalue weighted by Crippen LogP contribution is -2.50. The molecule has 0 aliphatic carbocycles. The Kier molecular flexibility index (Phi) is 30.8. The van der Waals surface area contributed by atoms with Gasteiger partial charge in [-0.1, -0.05) is 103 Å². The van der Waals surface area contributed by atoms with Gasteiger partial charge < -0.3 is 29.0 Å². The van der Waals surface area contributed by atoms with Crippen LogP contribution in [0.1, 0.15) is 243 Å². The summed E-state index contributed by atoms with van der Waals surface area (Å²) in [5.41, 5.74) is -3.23. The first kappa shape index (κ1) is 57.8. The van der Waals surface area contributed by atoms with Gasteiger partial charge in [0.15, 0.2) is 0 Å². The molecular weight excluding hydrogens is 779 g/mol. The molecule has 1 amide bonds. The van der Waals surface area contributed by atoms with Crippen molar-refractivity contribution in [3.63, 3.8) is 0 Å². The van der Waals surface area contributed by atoms with Gasteiger partial charge in [0.2, 0.25) is 5.91 Å². The third kappa shape index (κ3) is 38.2. The molecule has 0 fully saturated rings. The predicted octanol–water partition coefficient (Wildman–Crippen LogP) is 11.5. The Morgan fingerprint density at radius 1 is 0.377 bits per heavy atom. The summed E-state index contributed by atoms with van der Waals surface area (Å²) in [4.78, 5) is 76.2. The van der Waals surface area contributed by atoms with E-state index in [-0.39, 0.29) is 57.5 Å². The van der Waals surface area contributed by atoms with E-state index in [1.54, 1.807) is 62.3 Å². The van der Waals surface area contributed by atoms with Crippen LogP contribution in [0.2, 0.25) is 0 Å². The fraction of sp³-hybridized carbons (Fsp3) is 0.878. The Balaban J connectivity index is 4.69. The topological polar surface area (TPSA) is 161 Å². The minimum absolute atomic E-state index is 0.0430. The Labute approximate surface area is 370 Å². The van der Waals surface area contributed by atoms with Gasteiger partial charge in [0.1, 0.15) is 23.2 Å². The highest BCUT2D eigenvalue weighted by molar-refractivity contribution is 5.91. The van der Waals surface area contributed by atoms with E-state index in [9.17, 15) is 28.8 Å². The summed E-state index contributed by atoms with van der Waals surface area (Å²) >= 11 is 0. The number of carbonyl (C=O) groups is 6. The van der Waals surface area contributed by atoms with Crippen molar-refractivity contribution in [2.24, 2.45) is 0 Å². The van der Waals surface area contributed by atoms with Crippen molar-refractivity contribution in [2.45, 2.75) is 265 Å². The van der Waals surface area contributed by atoms with Crippen molar-refractivity contribution < 1.29 is 52.5 Å². The van der Waals surface area contributed by atoms with E-state index < -0.39 is 58.6 Å². The molecule has 0 radical (unpaired) electrons. The van der Waals surface area contributed by atoms with Gasteiger partial charge in [0.05, 0.1) is 13.2 Å². The molecule has 0 unspecified atom stereocenters. The first-order chi connectivity index (χ1) is 28.5. The van der Waals surface area contributed by atoms with Crippen LogP contribution in [0.25, 0.3) is 0 Å². The standard InChI is InChI=1S/C49H89NO11/c1-11-12-13-14-15-16-17-18-19-20-21-22-23-24-25-28-37-57-44(55)39-45(56)58-38-29-26-27-30-40(51)50-49(34-31-41(52)59-46(2,3)4,35-32-42(53)60-47(5,6)7)36-33-43(54)61-48(8,9)10/h11-39H2,1-10H3,(H,50,51). The first-order valence-corrected chi connectivity index (χ1v) is 23.8. The smallest absolute Gasteiger partial charge is 0.317 e. The van der Waals surface area contributed by atoms with Gasteiger partial charge in [-0.2, -0.15) is 0 Å². The maximum atomic E-state index is 13.4. The number of ether oxygens (including phenoxy) is 5. The van der Waals surface area contributed by atoms with Crippen LogP contribution in [0.5, 0.6) is 0 Å². The van der Waals surface area contributed by atoms with E-state index >= 15 is 0 Å². The van der Waals surface area contributed by atoms with Crippen LogP contribution in [-0.4, -0.2) is 71.3 Å². The zero-order valence-electron chi connectivity index (χ0n) is 40.5. The zero-order chi connectivity index (χ0) is 46.2. The third-order valence-electron chi connectivity index (χ3n) is 9.95. The molecule has 0 aromatic rings. The second-order valence-electron chi connectivity index (χ2n) is 19.8. The van der Waals surface area contributed by atoms with Gasteiger partial charge in [0.25, 0.3) is 0 Å². The molecule has 12 heteroatoms. The second-order valence-corrected chi connectivity index (χ2v) is 19.8. The summed E-state index contributed by atoms with van der Waals surface area (Å²) in [6, 6.07) is 0. The Bertz CT molecular complexity index is 1160. The highest BCUT2D eigenvalue weighted by atomic mass is 16.6. The molecule has 1 N–H and O–H groups in total. The van der Waals surface area contributed by atoms with Gasteiger partial charge in [-0.25, -0.2) is 0 Å². The van der Waals surface area contributed by atoms with E-state index in [2.05, 4.69) is 12.2 Å². The highest BCUT2D eigenvalue weighted by Crippen LogP contribution is 2.29. The van der Waals surface area contributed by atoms with E-state index in [1.165, 1.54) is 83.5 Å². The van der Waals surface area contributed by atoms with Crippen LogP contribution in [0.3, 0.4) is 0 Å². The fourth-order valence-electron chi connectivity index (χ4n) is 6.93. The summed E-state index contributed by atoms with van der Waals surface area (Å²) in [6.45, 7) is 18.6. The quantitative estimate of drug-likeness (QED) is 0.0279. The third-order valence-corrected chi connectivity index (χ3v) is 9.95. The molecular formula is C49H89NO11.